The zero-order valence-electron chi connectivity index (χ0n) is 16.5. The highest BCUT2D eigenvalue weighted by Gasteiger charge is 2.45. The summed E-state index contributed by atoms with van der Waals surface area (Å²) < 4.78 is 11.3. The van der Waals surface area contributed by atoms with Gasteiger partial charge in [-0.05, 0) is 35.7 Å². The van der Waals surface area contributed by atoms with E-state index >= 15 is 0 Å². The van der Waals surface area contributed by atoms with Gasteiger partial charge in [-0.3, -0.25) is 4.79 Å². The summed E-state index contributed by atoms with van der Waals surface area (Å²) in [4.78, 5) is 13.3. The van der Waals surface area contributed by atoms with Crippen molar-refractivity contribution in [3.05, 3.63) is 52.8 Å². The standard InChI is InChI=1S/C22H22O9/c1-2-16-18(27)20(29)22(30-16)31-21-12(9-3-4-13(24)14(25)7-9)6-10-5-11(23)8-15(26)17(10)19(21)28/h3-5,7-8,16,18,20,22-27,29H,2,6H2,1H3. The summed E-state index contributed by atoms with van der Waals surface area (Å²) in [5.74, 6) is -2.40. The lowest BCUT2D eigenvalue weighted by Crippen LogP contribution is -2.34. The van der Waals surface area contributed by atoms with Gasteiger partial charge in [-0.2, -0.15) is 0 Å². The number of carbonyl (C=O) groups excluding carboxylic acids is 1. The molecule has 0 aromatic heterocycles. The lowest BCUT2D eigenvalue weighted by molar-refractivity contribution is -0.139. The van der Waals surface area contributed by atoms with Crippen LogP contribution >= 0.6 is 0 Å². The molecule has 0 spiro atoms. The zero-order chi connectivity index (χ0) is 22.4. The highest BCUT2D eigenvalue weighted by atomic mass is 16.7. The zero-order valence-corrected chi connectivity index (χ0v) is 16.5. The number of ether oxygens (including phenoxy) is 2. The summed E-state index contributed by atoms with van der Waals surface area (Å²) in [5.41, 5.74) is 0.881. The summed E-state index contributed by atoms with van der Waals surface area (Å²) >= 11 is 0. The second-order valence-electron chi connectivity index (χ2n) is 7.57. The normalized spacial score (nSPS) is 25.6. The molecule has 1 aliphatic heterocycles. The maximum atomic E-state index is 13.3. The Bertz CT molecular complexity index is 1070. The summed E-state index contributed by atoms with van der Waals surface area (Å²) in [7, 11) is 0. The lowest BCUT2D eigenvalue weighted by atomic mass is 9.85. The van der Waals surface area contributed by atoms with Gasteiger partial charge in [-0.25, -0.2) is 0 Å². The Morgan fingerprint density at radius 1 is 1.00 bits per heavy atom. The number of rotatable bonds is 4. The van der Waals surface area contributed by atoms with E-state index < -0.39 is 41.9 Å². The van der Waals surface area contributed by atoms with Crippen LogP contribution in [0.15, 0.2) is 36.1 Å². The second kappa shape index (κ2) is 7.77. The number of allylic oxidation sites excluding steroid dienone is 2. The topological polar surface area (TPSA) is 157 Å². The second-order valence-corrected chi connectivity index (χ2v) is 7.57. The first-order valence-corrected chi connectivity index (χ1v) is 9.74. The predicted molar refractivity (Wildman–Crippen MR) is 107 cm³/mol. The summed E-state index contributed by atoms with van der Waals surface area (Å²) in [6, 6.07) is 6.31. The van der Waals surface area contributed by atoms with E-state index in [-0.39, 0.29) is 34.8 Å². The quantitative estimate of drug-likeness (QED) is 0.396. The van der Waals surface area contributed by atoms with Crippen molar-refractivity contribution >= 4 is 11.4 Å². The van der Waals surface area contributed by atoms with Crippen LogP contribution in [0.2, 0.25) is 0 Å². The van der Waals surface area contributed by atoms with Crippen molar-refractivity contribution in [2.24, 2.45) is 0 Å². The van der Waals surface area contributed by atoms with Gasteiger partial charge in [0.25, 0.3) is 0 Å². The van der Waals surface area contributed by atoms with E-state index in [9.17, 15) is 35.4 Å². The molecular weight excluding hydrogens is 408 g/mol. The molecule has 2 aromatic carbocycles. The number of aliphatic hydroxyl groups is 2. The van der Waals surface area contributed by atoms with Crippen LogP contribution in [-0.4, -0.2) is 61.0 Å². The molecule has 0 radical (unpaired) electrons. The van der Waals surface area contributed by atoms with Gasteiger partial charge in [0.05, 0.1) is 11.7 Å². The van der Waals surface area contributed by atoms with Gasteiger partial charge in [0.15, 0.2) is 17.3 Å². The Kier molecular flexibility index (Phi) is 5.26. The molecule has 9 heteroatoms. The molecular formula is C22H22O9. The molecule has 1 aliphatic carbocycles. The molecule has 2 aromatic rings. The number of hydrogen-bond donors (Lipinski definition) is 6. The number of fused-ring (bicyclic) bond motifs is 1. The fraction of sp³-hybridized carbons (Fsp3) is 0.318. The summed E-state index contributed by atoms with van der Waals surface area (Å²) in [6.07, 6.45) is -4.18. The molecule has 2 aliphatic rings. The number of ketones is 1. The molecule has 0 amide bonds. The maximum Gasteiger partial charge on any atom is 0.232 e. The number of phenolic OH excluding ortho intramolecular Hbond substituents is 4. The predicted octanol–water partition coefficient (Wildman–Crippen LogP) is 1.53. The van der Waals surface area contributed by atoms with Crippen molar-refractivity contribution in [2.45, 2.75) is 44.4 Å². The van der Waals surface area contributed by atoms with Gasteiger partial charge in [0, 0.05) is 18.1 Å². The summed E-state index contributed by atoms with van der Waals surface area (Å²) in [6.45, 7) is 1.76. The first-order valence-electron chi connectivity index (χ1n) is 9.74. The first kappa shape index (κ1) is 21.0. The van der Waals surface area contributed by atoms with Gasteiger partial charge in [0.2, 0.25) is 12.1 Å². The fourth-order valence-electron chi connectivity index (χ4n) is 3.93. The highest BCUT2D eigenvalue weighted by molar-refractivity contribution is 6.16. The van der Waals surface area contributed by atoms with Crippen LogP contribution in [-0.2, 0) is 15.9 Å². The fourth-order valence-corrected chi connectivity index (χ4v) is 3.93. The van der Waals surface area contributed by atoms with Crippen LogP contribution in [0.4, 0.5) is 0 Å². The Morgan fingerprint density at radius 2 is 1.74 bits per heavy atom. The van der Waals surface area contributed by atoms with Crippen molar-refractivity contribution in [2.75, 3.05) is 0 Å². The molecule has 1 heterocycles. The Morgan fingerprint density at radius 3 is 2.39 bits per heavy atom. The third-order valence-corrected chi connectivity index (χ3v) is 5.54. The SMILES string of the molecule is CCC1OC(OC2=C(c3ccc(O)c(O)c3)Cc3cc(O)cc(O)c3C2=O)C(O)C1O. The van der Waals surface area contributed by atoms with E-state index in [0.717, 1.165) is 6.07 Å². The van der Waals surface area contributed by atoms with E-state index in [0.29, 0.717) is 17.5 Å². The largest absolute Gasteiger partial charge is 0.508 e. The van der Waals surface area contributed by atoms with Crippen LogP contribution in [0.5, 0.6) is 23.0 Å². The van der Waals surface area contributed by atoms with Crippen molar-refractivity contribution in [3.63, 3.8) is 0 Å². The average Bonchev–Trinajstić information content (AvgIpc) is 2.99. The van der Waals surface area contributed by atoms with E-state index in [1.807, 2.05) is 0 Å². The molecule has 1 saturated heterocycles. The number of hydrogen-bond acceptors (Lipinski definition) is 9. The van der Waals surface area contributed by atoms with Crippen LogP contribution in [0.1, 0.15) is 34.8 Å². The number of carbonyl (C=O) groups is 1. The first-order chi connectivity index (χ1) is 14.7. The minimum atomic E-state index is -1.41. The number of benzene rings is 2. The van der Waals surface area contributed by atoms with Crippen molar-refractivity contribution in [1.29, 1.82) is 0 Å². The molecule has 0 saturated carbocycles. The Balaban J connectivity index is 1.82. The molecule has 9 nitrogen and oxygen atoms in total. The van der Waals surface area contributed by atoms with Crippen molar-refractivity contribution in [3.8, 4) is 23.0 Å². The summed E-state index contributed by atoms with van der Waals surface area (Å²) in [5, 5.41) is 60.1. The molecule has 4 unspecified atom stereocenters. The van der Waals surface area contributed by atoms with Gasteiger partial charge < -0.3 is 40.1 Å². The molecule has 0 bridgehead atoms. The smallest absolute Gasteiger partial charge is 0.232 e. The molecule has 1 fully saturated rings. The van der Waals surface area contributed by atoms with Crippen molar-refractivity contribution < 1.29 is 44.9 Å². The minimum absolute atomic E-state index is 0.0329. The number of aromatic hydroxyl groups is 4. The van der Waals surface area contributed by atoms with E-state index in [2.05, 4.69) is 0 Å². The number of phenols is 4. The van der Waals surface area contributed by atoms with Gasteiger partial charge in [-0.1, -0.05) is 13.0 Å². The number of aliphatic hydroxyl groups excluding tert-OH is 2. The van der Waals surface area contributed by atoms with Gasteiger partial charge in [0.1, 0.15) is 23.7 Å². The molecule has 31 heavy (non-hydrogen) atoms. The van der Waals surface area contributed by atoms with Crippen LogP contribution < -0.4 is 0 Å². The van der Waals surface area contributed by atoms with E-state index in [1.54, 1.807) is 6.92 Å². The van der Waals surface area contributed by atoms with Crippen LogP contribution in [0.25, 0.3) is 5.57 Å². The van der Waals surface area contributed by atoms with Crippen molar-refractivity contribution in [1.82, 2.24) is 0 Å². The molecule has 164 valence electrons. The highest BCUT2D eigenvalue weighted by Crippen LogP contribution is 2.41. The van der Waals surface area contributed by atoms with Gasteiger partial charge >= 0.3 is 0 Å². The monoisotopic (exact) mass is 430 g/mol. The van der Waals surface area contributed by atoms with Gasteiger partial charge in [-0.15, -0.1) is 0 Å². The molecule has 4 atom stereocenters. The van der Waals surface area contributed by atoms with E-state index in [4.69, 9.17) is 9.47 Å². The van der Waals surface area contributed by atoms with Crippen LogP contribution in [0.3, 0.4) is 0 Å². The third kappa shape index (κ3) is 3.56. The molecule has 6 N–H and O–H groups in total. The maximum absolute atomic E-state index is 13.3. The Hall–Kier alpha value is -3.27. The average molecular weight is 430 g/mol. The number of Topliss-reactive ketones (excluding diaryl/α,β-unsaturated/α-hetero) is 1. The van der Waals surface area contributed by atoms with Crippen LogP contribution in [0, 0.1) is 0 Å². The molecule has 4 rings (SSSR count). The Labute approximate surface area is 177 Å². The third-order valence-electron chi connectivity index (χ3n) is 5.54. The minimum Gasteiger partial charge on any atom is -0.508 e. The lowest BCUT2D eigenvalue weighted by Gasteiger charge is -2.26. The van der Waals surface area contributed by atoms with E-state index in [1.165, 1.54) is 24.3 Å².